The lowest BCUT2D eigenvalue weighted by molar-refractivity contribution is -0.139. The summed E-state index contributed by atoms with van der Waals surface area (Å²) < 4.78 is 5.43. The van der Waals surface area contributed by atoms with Crippen LogP contribution in [0.3, 0.4) is 0 Å². The predicted octanol–water partition coefficient (Wildman–Crippen LogP) is 3.33. The molecule has 0 aliphatic carbocycles. The summed E-state index contributed by atoms with van der Waals surface area (Å²) in [5.74, 6) is -0.441. The molecule has 0 bridgehead atoms. The molecule has 2 aliphatic heterocycles. The Morgan fingerprint density at radius 1 is 1.34 bits per heavy atom. The zero-order valence-electron chi connectivity index (χ0n) is 21.3. The molecule has 192 valence electrons. The quantitative estimate of drug-likeness (QED) is 0.440. The fourth-order valence-corrected chi connectivity index (χ4v) is 5.10. The van der Waals surface area contributed by atoms with Gasteiger partial charge in [0.2, 0.25) is 0 Å². The summed E-state index contributed by atoms with van der Waals surface area (Å²) >= 11 is 1.51. The summed E-state index contributed by atoms with van der Waals surface area (Å²) in [5.41, 5.74) is 1.58. The van der Waals surface area contributed by atoms with Crippen LogP contribution in [-0.2, 0) is 9.53 Å². The van der Waals surface area contributed by atoms with Crippen molar-refractivity contribution in [1.29, 1.82) is 0 Å². The number of piperazine rings is 1. The molecule has 3 heterocycles. The topological polar surface area (TPSA) is 94.2 Å². The Morgan fingerprint density at radius 3 is 2.66 bits per heavy atom. The second kappa shape index (κ2) is 11.3. The number of amides is 4. The second-order valence-corrected chi connectivity index (χ2v) is 10.7. The summed E-state index contributed by atoms with van der Waals surface area (Å²) in [5, 5.41) is 9.85. The van der Waals surface area contributed by atoms with E-state index in [1.165, 1.54) is 11.3 Å². The monoisotopic (exact) mass is 503 g/mol. The maximum atomic E-state index is 13.2. The van der Waals surface area contributed by atoms with Crippen LogP contribution in [0.4, 0.5) is 9.59 Å². The van der Waals surface area contributed by atoms with E-state index in [0.29, 0.717) is 37.4 Å². The maximum absolute atomic E-state index is 13.2. The third-order valence-electron chi connectivity index (χ3n) is 5.95. The molecule has 2 aliphatic rings. The van der Waals surface area contributed by atoms with Crippen molar-refractivity contribution >= 4 is 29.4 Å². The number of nitrogens with one attached hydrogen (secondary N) is 2. The van der Waals surface area contributed by atoms with Gasteiger partial charge in [-0.15, -0.1) is 6.58 Å². The first-order chi connectivity index (χ1) is 16.6. The van der Waals surface area contributed by atoms with Crippen LogP contribution < -0.4 is 10.6 Å². The molecule has 0 radical (unpaired) electrons. The van der Waals surface area contributed by atoms with Crippen molar-refractivity contribution in [3.63, 3.8) is 0 Å². The zero-order valence-corrected chi connectivity index (χ0v) is 22.1. The van der Waals surface area contributed by atoms with Crippen LogP contribution in [0.15, 0.2) is 40.8 Å². The highest BCUT2D eigenvalue weighted by atomic mass is 32.1. The van der Waals surface area contributed by atoms with E-state index >= 15 is 0 Å². The summed E-state index contributed by atoms with van der Waals surface area (Å²) in [6.07, 6.45) is 1.64. The van der Waals surface area contributed by atoms with Gasteiger partial charge in [-0.05, 0) is 57.0 Å². The molecule has 0 saturated carbocycles. The highest BCUT2D eigenvalue weighted by Gasteiger charge is 2.39. The third kappa shape index (κ3) is 6.43. The molecular weight excluding hydrogens is 466 g/mol. The van der Waals surface area contributed by atoms with Crippen molar-refractivity contribution in [3.05, 3.63) is 46.3 Å². The largest absolute Gasteiger partial charge is 0.463 e. The lowest BCUT2D eigenvalue weighted by atomic mass is 9.95. The van der Waals surface area contributed by atoms with Gasteiger partial charge in [0.25, 0.3) is 0 Å². The lowest BCUT2D eigenvalue weighted by Gasteiger charge is -2.43. The van der Waals surface area contributed by atoms with E-state index in [9.17, 15) is 14.4 Å². The number of hydrogen-bond acceptors (Lipinski definition) is 6. The molecule has 35 heavy (non-hydrogen) atoms. The van der Waals surface area contributed by atoms with Gasteiger partial charge in [-0.2, -0.15) is 11.3 Å². The van der Waals surface area contributed by atoms with Crippen molar-refractivity contribution < 1.29 is 19.1 Å². The molecule has 0 spiro atoms. The van der Waals surface area contributed by atoms with E-state index < -0.39 is 12.0 Å². The fourth-order valence-electron chi connectivity index (χ4n) is 4.42. The van der Waals surface area contributed by atoms with Gasteiger partial charge in [-0.1, -0.05) is 6.08 Å². The molecule has 2 N–H and O–H groups in total. The Balaban J connectivity index is 1.91. The van der Waals surface area contributed by atoms with Crippen molar-refractivity contribution in [2.75, 3.05) is 39.3 Å². The van der Waals surface area contributed by atoms with E-state index in [2.05, 4.69) is 22.1 Å². The van der Waals surface area contributed by atoms with E-state index in [1.807, 2.05) is 49.4 Å². The van der Waals surface area contributed by atoms with Gasteiger partial charge < -0.3 is 20.3 Å². The number of esters is 1. The third-order valence-corrected chi connectivity index (χ3v) is 6.65. The number of carbonyl (C=O) groups excluding carboxylic acids is 3. The van der Waals surface area contributed by atoms with E-state index in [1.54, 1.807) is 17.9 Å². The van der Waals surface area contributed by atoms with Gasteiger partial charge in [0.05, 0.1) is 18.2 Å². The summed E-state index contributed by atoms with van der Waals surface area (Å²) in [6.45, 7) is 16.1. The molecule has 1 aromatic heterocycles. The van der Waals surface area contributed by atoms with Crippen LogP contribution >= 0.6 is 11.3 Å². The van der Waals surface area contributed by atoms with Gasteiger partial charge >= 0.3 is 18.0 Å². The molecule has 2 unspecified atom stereocenters. The number of hydrogen-bond donors (Lipinski definition) is 2. The number of rotatable bonds is 7. The van der Waals surface area contributed by atoms with Crippen LogP contribution in [-0.4, -0.2) is 83.6 Å². The van der Waals surface area contributed by atoms with Gasteiger partial charge in [0, 0.05) is 50.0 Å². The Kier molecular flexibility index (Phi) is 8.60. The predicted molar refractivity (Wildman–Crippen MR) is 137 cm³/mol. The van der Waals surface area contributed by atoms with Crippen molar-refractivity contribution in [2.24, 2.45) is 0 Å². The first kappa shape index (κ1) is 26.7. The second-order valence-electron chi connectivity index (χ2n) is 9.88. The van der Waals surface area contributed by atoms with Crippen LogP contribution in [0, 0.1) is 0 Å². The SMILES string of the molecule is C=CCN1C(=O)NC(c2ccsc2)C(C(=O)OCC)=C1CN1CCN(C(=O)NC(C)(C)C)C(C)C1. The normalized spacial score (nSPS) is 21.6. The Hall–Kier alpha value is -2.85. The standard InChI is InChI=1S/C25H37N5O4S/c1-7-10-30-19(15-28-11-12-29(17(3)14-28)24(33)27-25(4,5)6)20(22(31)34-8-2)21(26-23(30)32)18-9-13-35-16-18/h7,9,13,16-17,21H,1,8,10-12,14-15H2,2-6H3,(H,26,32)(H,27,33). The summed E-state index contributed by atoms with van der Waals surface area (Å²) in [6, 6.07) is 0.930. The molecule has 1 fully saturated rings. The molecule has 1 saturated heterocycles. The van der Waals surface area contributed by atoms with E-state index in [4.69, 9.17) is 4.74 Å². The first-order valence-electron chi connectivity index (χ1n) is 12.0. The lowest BCUT2D eigenvalue weighted by Crippen LogP contribution is -2.59. The van der Waals surface area contributed by atoms with E-state index in [0.717, 1.165) is 5.56 Å². The molecule has 1 aromatic rings. The molecule has 0 aromatic carbocycles. The zero-order chi connectivity index (χ0) is 25.8. The Bertz CT molecular complexity index is 969. The number of ether oxygens (including phenoxy) is 1. The van der Waals surface area contributed by atoms with Crippen LogP contribution in [0.5, 0.6) is 0 Å². The summed E-state index contributed by atoms with van der Waals surface area (Å²) in [7, 11) is 0. The van der Waals surface area contributed by atoms with Crippen LogP contribution in [0.2, 0.25) is 0 Å². The number of nitrogens with zero attached hydrogens (tertiary/aromatic N) is 3. The highest BCUT2D eigenvalue weighted by Crippen LogP contribution is 2.33. The first-order valence-corrected chi connectivity index (χ1v) is 12.9. The number of thiophene rings is 1. The minimum Gasteiger partial charge on any atom is -0.463 e. The Morgan fingerprint density at radius 2 is 2.09 bits per heavy atom. The maximum Gasteiger partial charge on any atom is 0.338 e. The molecule has 3 rings (SSSR count). The van der Waals surface area contributed by atoms with Crippen molar-refractivity contribution in [1.82, 2.24) is 25.3 Å². The highest BCUT2D eigenvalue weighted by molar-refractivity contribution is 7.08. The molecule has 2 atom stereocenters. The van der Waals surface area contributed by atoms with Gasteiger partial charge in [0.1, 0.15) is 0 Å². The summed E-state index contributed by atoms with van der Waals surface area (Å²) in [4.78, 5) is 44.6. The van der Waals surface area contributed by atoms with Crippen LogP contribution in [0.1, 0.15) is 46.2 Å². The van der Waals surface area contributed by atoms with Gasteiger partial charge in [0.15, 0.2) is 0 Å². The molecule has 9 nitrogen and oxygen atoms in total. The minimum atomic E-state index is -0.583. The van der Waals surface area contributed by atoms with Crippen molar-refractivity contribution in [2.45, 2.75) is 52.2 Å². The molecular formula is C25H37N5O4S. The van der Waals surface area contributed by atoms with Gasteiger partial charge in [-0.3, -0.25) is 9.80 Å². The van der Waals surface area contributed by atoms with Crippen molar-refractivity contribution in [3.8, 4) is 0 Å². The average molecular weight is 504 g/mol. The smallest absolute Gasteiger partial charge is 0.338 e. The minimum absolute atomic E-state index is 0.0318. The fraction of sp³-hybridized carbons (Fsp3) is 0.560. The van der Waals surface area contributed by atoms with Gasteiger partial charge in [-0.25, -0.2) is 14.4 Å². The molecule has 10 heteroatoms. The number of urea groups is 2. The van der Waals surface area contributed by atoms with Crippen LogP contribution in [0.25, 0.3) is 0 Å². The Labute approximate surface area is 211 Å². The molecule has 4 amide bonds. The average Bonchev–Trinajstić information content (AvgIpc) is 3.29. The van der Waals surface area contributed by atoms with E-state index in [-0.39, 0.29) is 36.8 Å². The number of carbonyl (C=O) groups is 3.